The minimum absolute atomic E-state index is 0.178. The molecule has 10 heavy (non-hydrogen) atoms. The van der Waals surface area contributed by atoms with Gasteiger partial charge in [0.25, 0.3) is 0 Å². The van der Waals surface area contributed by atoms with Gasteiger partial charge in [-0.25, -0.2) is 0 Å². The quantitative estimate of drug-likeness (QED) is 0.653. The van der Waals surface area contributed by atoms with Crippen LogP contribution >= 0.6 is 23.2 Å². The second-order valence-electron chi connectivity index (χ2n) is 1.77. The molecule has 0 bridgehead atoms. The van der Waals surface area contributed by atoms with Gasteiger partial charge in [0, 0.05) is 12.3 Å². The first-order valence-electron chi connectivity index (χ1n) is 2.67. The lowest BCUT2D eigenvalue weighted by atomic mass is 10.4. The van der Waals surface area contributed by atoms with Gasteiger partial charge < -0.3 is 4.98 Å². The Morgan fingerprint density at radius 3 is 2.80 bits per heavy atom. The van der Waals surface area contributed by atoms with Gasteiger partial charge in [0.1, 0.15) is 5.02 Å². The third-order valence-electron chi connectivity index (χ3n) is 1.11. The normalized spacial score (nSPS) is 9.80. The molecule has 0 radical (unpaired) electrons. The zero-order valence-corrected chi connectivity index (χ0v) is 6.54. The van der Waals surface area contributed by atoms with Gasteiger partial charge in [-0.2, -0.15) is 0 Å². The molecule has 0 fully saturated rings. The Balaban J connectivity index is 3.28. The summed E-state index contributed by atoms with van der Waals surface area (Å²) >= 11 is 11.0. The maximum Gasteiger partial charge on any atom is 0.200 e. The topological polar surface area (TPSA) is 32.9 Å². The summed E-state index contributed by atoms with van der Waals surface area (Å²) in [5.41, 5.74) is 0.368. The van der Waals surface area contributed by atoms with Crippen molar-refractivity contribution in [3.05, 3.63) is 33.2 Å². The molecule has 1 aromatic rings. The predicted molar refractivity (Wildman–Crippen MR) is 41.6 cm³/mol. The monoisotopic (exact) mass is 177 g/mol. The summed E-state index contributed by atoms with van der Waals surface area (Å²) in [5.74, 6) is 0.231. The molecular formula is C6H5Cl2NO. The summed E-state index contributed by atoms with van der Waals surface area (Å²) in [5, 5.41) is 0.178. The van der Waals surface area contributed by atoms with Crippen LogP contribution < -0.4 is 5.43 Å². The average molecular weight is 178 g/mol. The average Bonchev–Trinajstić information content (AvgIpc) is 1.95. The van der Waals surface area contributed by atoms with Gasteiger partial charge in [-0.3, -0.25) is 4.79 Å². The van der Waals surface area contributed by atoms with Crippen LogP contribution in [0.1, 0.15) is 5.69 Å². The molecule has 4 heteroatoms. The number of rotatable bonds is 1. The summed E-state index contributed by atoms with van der Waals surface area (Å²) < 4.78 is 0. The van der Waals surface area contributed by atoms with Crippen molar-refractivity contribution in [2.75, 3.05) is 0 Å². The molecule has 0 unspecified atom stereocenters. The fraction of sp³-hybridized carbons (Fsp3) is 0.167. The van der Waals surface area contributed by atoms with Crippen molar-refractivity contribution in [1.82, 2.24) is 4.98 Å². The lowest BCUT2D eigenvalue weighted by molar-refractivity contribution is 1.16. The zero-order valence-electron chi connectivity index (χ0n) is 5.03. The third kappa shape index (κ3) is 1.33. The molecule has 0 aliphatic carbocycles. The van der Waals surface area contributed by atoms with Crippen molar-refractivity contribution in [1.29, 1.82) is 0 Å². The molecule has 0 aliphatic heterocycles. The lowest BCUT2D eigenvalue weighted by Gasteiger charge is -1.95. The smallest absolute Gasteiger partial charge is 0.200 e. The van der Waals surface area contributed by atoms with E-state index >= 15 is 0 Å². The molecule has 0 atom stereocenters. The van der Waals surface area contributed by atoms with E-state index in [-0.39, 0.29) is 16.3 Å². The van der Waals surface area contributed by atoms with Gasteiger partial charge in [0.2, 0.25) is 0 Å². The number of alkyl halides is 1. The molecule has 1 rings (SSSR count). The minimum Gasteiger partial charge on any atom is -0.363 e. The van der Waals surface area contributed by atoms with Crippen LogP contribution in [0.5, 0.6) is 0 Å². The van der Waals surface area contributed by atoms with Crippen LogP contribution in [0.4, 0.5) is 0 Å². The van der Waals surface area contributed by atoms with Crippen molar-refractivity contribution in [3.8, 4) is 0 Å². The standard InChI is InChI=1S/C6H5Cl2NO/c7-3-4-6(8)5(10)1-2-9-4/h1-2H,3H2,(H,9,10). The summed E-state index contributed by atoms with van der Waals surface area (Å²) in [6, 6.07) is 1.36. The molecular weight excluding hydrogens is 173 g/mol. The first-order valence-corrected chi connectivity index (χ1v) is 3.59. The van der Waals surface area contributed by atoms with E-state index in [1.54, 1.807) is 0 Å². The fourth-order valence-corrected chi connectivity index (χ4v) is 1.06. The SMILES string of the molecule is O=c1cc[nH]c(CCl)c1Cl. The number of pyridine rings is 1. The van der Waals surface area contributed by atoms with Gasteiger partial charge in [-0.1, -0.05) is 11.6 Å². The van der Waals surface area contributed by atoms with Gasteiger partial charge >= 0.3 is 0 Å². The molecule has 0 aromatic carbocycles. The highest BCUT2D eigenvalue weighted by atomic mass is 35.5. The third-order valence-corrected chi connectivity index (χ3v) is 1.79. The van der Waals surface area contributed by atoms with Gasteiger partial charge in [0.15, 0.2) is 5.43 Å². The maximum atomic E-state index is 10.8. The lowest BCUT2D eigenvalue weighted by Crippen LogP contribution is -2.03. The van der Waals surface area contributed by atoms with Gasteiger partial charge in [0.05, 0.1) is 11.6 Å². The van der Waals surface area contributed by atoms with Crippen molar-refractivity contribution >= 4 is 23.2 Å². The Morgan fingerprint density at radius 1 is 1.60 bits per heavy atom. The molecule has 0 spiro atoms. The summed E-state index contributed by atoms with van der Waals surface area (Å²) in [6.07, 6.45) is 1.52. The Hall–Kier alpha value is -0.470. The molecule has 54 valence electrons. The molecule has 0 aliphatic rings. The first-order chi connectivity index (χ1) is 4.75. The molecule has 0 saturated carbocycles. The zero-order chi connectivity index (χ0) is 7.56. The molecule has 0 amide bonds. The molecule has 2 nitrogen and oxygen atoms in total. The number of aromatic nitrogens is 1. The number of aromatic amines is 1. The van der Waals surface area contributed by atoms with E-state index in [1.165, 1.54) is 12.3 Å². The van der Waals surface area contributed by atoms with Crippen molar-refractivity contribution in [2.45, 2.75) is 5.88 Å². The summed E-state index contributed by atoms with van der Waals surface area (Å²) in [4.78, 5) is 13.6. The van der Waals surface area contributed by atoms with Gasteiger partial charge in [-0.05, 0) is 0 Å². The number of hydrogen-bond donors (Lipinski definition) is 1. The molecule has 1 aromatic heterocycles. The van der Waals surface area contributed by atoms with E-state index in [4.69, 9.17) is 23.2 Å². The fourth-order valence-electron chi connectivity index (χ4n) is 0.600. The number of H-pyrrole nitrogens is 1. The number of nitrogens with one attached hydrogen (secondary N) is 1. The van der Waals surface area contributed by atoms with E-state index in [0.717, 1.165) is 0 Å². The number of hydrogen-bond acceptors (Lipinski definition) is 1. The maximum absolute atomic E-state index is 10.8. The highest BCUT2D eigenvalue weighted by Gasteiger charge is 2.00. The van der Waals surface area contributed by atoms with Crippen molar-refractivity contribution < 1.29 is 0 Å². The van der Waals surface area contributed by atoms with E-state index in [2.05, 4.69) is 4.98 Å². The summed E-state index contributed by atoms with van der Waals surface area (Å²) in [7, 11) is 0. The Bertz CT molecular complexity index is 281. The van der Waals surface area contributed by atoms with Crippen LogP contribution in [0.25, 0.3) is 0 Å². The molecule has 1 N–H and O–H groups in total. The van der Waals surface area contributed by atoms with Crippen molar-refractivity contribution in [2.24, 2.45) is 0 Å². The van der Waals surface area contributed by atoms with E-state index in [9.17, 15) is 4.79 Å². The predicted octanol–water partition coefficient (Wildman–Crippen LogP) is 1.77. The van der Waals surface area contributed by atoms with E-state index in [1.807, 2.05) is 0 Å². The molecule has 1 heterocycles. The largest absolute Gasteiger partial charge is 0.363 e. The van der Waals surface area contributed by atoms with Crippen LogP contribution in [-0.4, -0.2) is 4.98 Å². The van der Waals surface area contributed by atoms with Crippen LogP contribution in [0.2, 0.25) is 5.02 Å². The highest BCUT2D eigenvalue weighted by Crippen LogP contribution is 2.08. The first kappa shape index (κ1) is 7.63. The Labute approximate surface area is 67.8 Å². The van der Waals surface area contributed by atoms with Crippen LogP contribution in [0.15, 0.2) is 17.1 Å². The molecule has 0 saturated heterocycles. The number of halogens is 2. The Kier molecular flexibility index (Phi) is 2.35. The highest BCUT2D eigenvalue weighted by molar-refractivity contribution is 6.31. The second kappa shape index (κ2) is 3.08. The summed E-state index contributed by atoms with van der Waals surface area (Å²) in [6.45, 7) is 0. The van der Waals surface area contributed by atoms with Gasteiger partial charge in [-0.15, -0.1) is 11.6 Å². The Morgan fingerprint density at radius 2 is 2.30 bits per heavy atom. The van der Waals surface area contributed by atoms with Crippen LogP contribution in [-0.2, 0) is 5.88 Å². The minimum atomic E-state index is -0.198. The second-order valence-corrected chi connectivity index (χ2v) is 2.41. The van der Waals surface area contributed by atoms with Crippen LogP contribution in [0.3, 0.4) is 0 Å². The van der Waals surface area contributed by atoms with E-state index in [0.29, 0.717) is 5.69 Å². The van der Waals surface area contributed by atoms with Crippen molar-refractivity contribution in [3.63, 3.8) is 0 Å². The van der Waals surface area contributed by atoms with Crippen LogP contribution in [0, 0.1) is 0 Å². The van der Waals surface area contributed by atoms with E-state index < -0.39 is 0 Å².